The number of likely N-dealkylation sites (tertiary alicyclic amines) is 1. The summed E-state index contributed by atoms with van der Waals surface area (Å²) in [7, 11) is 0. The molecule has 0 radical (unpaired) electrons. The lowest BCUT2D eigenvalue weighted by atomic mass is 9.95. The van der Waals surface area contributed by atoms with Gasteiger partial charge in [0.1, 0.15) is 11.5 Å². The summed E-state index contributed by atoms with van der Waals surface area (Å²) in [5.41, 5.74) is 1.12. The van der Waals surface area contributed by atoms with Crippen molar-refractivity contribution in [2.75, 3.05) is 26.2 Å². The maximum absolute atomic E-state index is 12.9. The molecule has 3 rings (SSSR count). The van der Waals surface area contributed by atoms with E-state index in [0.29, 0.717) is 24.1 Å². The number of aliphatic hydroxyl groups is 1. The molecule has 0 aromatic heterocycles. The third-order valence-electron chi connectivity index (χ3n) is 5.54. The van der Waals surface area contributed by atoms with Crippen molar-refractivity contribution in [3.05, 3.63) is 71.3 Å². The van der Waals surface area contributed by atoms with Gasteiger partial charge in [-0.3, -0.25) is 9.59 Å². The van der Waals surface area contributed by atoms with E-state index in [9.17, 15) is 19.8 Å². The van der Waals surface area contributed by atoms with Crippen molar-refractivity contribution in [2.45, 2.75) is 26.3 Å². The van der Waals surface area contributed by atoms with E-state index in [1.807, 2.05) is 6.07 Å². The average Bonchev–Trinajstić information content (AvgIpc) is 3.02. The number of phenolic OH excluding ortho intramolecular Hbond substituents is 1. The maximum Gasteiger partial charge on any atom is 0.295 e. The number of benzene rings is 2. The first-order chi connectivity index (χ1) is 14.5. The van der Waals surface area contributed by atoms with Gasteiger partial charge in [-0.1, -0.05) is 56.3 Å². The minimum atomic E-state index is -0.742. The number of aliphatic hydroxyl groups excluding tert-OH is 1. The fourth-order valence-corrected chi connectivity index (χ4v) is 3.91. The molecule has 1 amide bonds. The SMILES string of the molecule is CCN(CC)CCCN1C(=O)C(=O)C(=C(O)c2ccccc2)C1c1cccc(O)c1. The highest BCUT2D eigenvalue weighted by molar-refractivity contribution is 6.46. The van der Waals surface area contributed by atoms with E-state index in [2.05, 4.69) is 18.7 Å². The molecule has 0 saturated carbocycles. The van der Waals surface area contributed by atoms with Gasteiger partial charge < -0.3 is 20.0 Å². The second-order valence-electron chi connectivity index (χ2n) is 7.33. The van der Waals surface area contributed by atoms with Crippen LogP contribution in [0.1, 0.15) is 37.4 Å². The van der Waals surface area contributed by atoms with Crippen molar-refractivity contribution in [3.8, 4) is 5.75 Å². The Kier molecular flexibility index (Phi) is 6.90. The Balaban J connectivity index is 2.01. The normalized spacial score (nSPS) is 18.4. The van der Waals surface area contributed by atoms with E-state index in [4.69, 9.17) is 0 Å². The number of Topliss-reactive ketones (excluding diaryl/α,β-unsaturated/α-hetero) is 1. The number of amides is 1. The molecule has 1 saturated heterocycles. The zero-order chi connectivity index (χ0) is 21.7. The van der Waals surface area contributed by atoms with Crippen LogP contribution in [-0.2, 0) is 9.59 Å². The van der Waals surface area contributed by atoms with Crippen molar-refractivity contribution in [1.29, 1.82) is 0 Å². The van der Waals surface area contributed by atoms with Crippen LogP contribution in [0.25, 0.3) is 5.76 Å². The topological polar surface area (TPSA) is 81.1 Å². The molecular formula is C24H28N2O4. The van der Waals surface area contributed by atoms with E-state index in [-0.39, 0.29) is 17.1 Å². The van der Waals surface area contributed by atoms with E-state index >= 15 is 0 Å². The van der Waals surface area contributed by atoms with E-state index in [1.165, 1.54) is 17.0 Å². The molecule has 0 spiro atoms. The van der Waals surface area contributed by atoms with Crippen LogP contribution < -0.4 is 0 Å². The molecule has 158 valence electrons. The van der Waals surface area contributed by atoms with Crippen LogP contribution in [0.5, 0.6) is 5.75 Å². The molecular weight excluding hydrogens is 380 g/mol. The Morgan fingerprint density at radius 2 is 1.73 bits per heavy atom. The third kappa shape index (κ3) is 4.39. The van der Waals surface area contributed by atoms with Crippen LogP contribution in [0.4, 0.5) is 0 Å². The van der Waals surface area contributed by atoms with E-state index in [1.54, 1.807) is 36.4 Å². The van der Waals surface area contributed by atoms with Gasteiger partial charge >= 0.3 is 0 Å². The second kappa shape index (κ2) is 9.59. The van der Waals surface area contributed by atoms with Crippen molar-refractivity contribution in [1.82, 2.24) is 9.80 Å². The van der Waals surface area contributed by atoms with Crippen LogP contribution in [0.15, 0.2) is 60.2 Å². The first kappa shape index (κ1) is 21.6. The van der Waals surface area contributed by atoms with Gasteiger partial charge in [0.15, 0.2) is 0 Å². The van der Waals surface area contributed by atoms with Gasteiger partial charge in [-0.25, -0.2) is 0 Å². The van der Waals surface area contributed by atoms with Gasteiger partial charge in [0.05, 0.1) is 11.6 Å². The molecule has 1 fully saturated rings. The average molecular weight is 408 g/mol. The molecule has 1 atom stereocenters. The van der Waals surface area contributed by atoms with Gasteiger partial charge in [-0.05, 0) is 43.8 Å². The summed E-state index contributed by atoms with van der Waals surface area (Å²) in [6.45, 7) is 7.19. The molecule has 2 aromatic rings. The lowest BCUT2D eigenvalue weighted by Gasteiger charge is -2.26. The number of hydrogen-bond donors (Lipinski definition) is 2. The smallest absolute Gasteiger partial charge is 0.295 e. The molecule has 1 aliphatic heterocycles. The minimum Gasteiger partial charge on any atom is -0.508 e. The molecule has 2 aromatic carbocycles. The number of ketones is 1. The summed E-state index contributed by atoms with van der Waals surface area (Å²) in [6, 6.07) is 14.5. The molecule has 2 N–H and O–H groups in total. The highest BCUT2D eigenvalue weighted by Crippen LogP contribution is 2.40. The molecule has 6 nitrogen and oxygen atoms in total. The Morgan fingerprint density at radius 1 is 1.03 bits per heavy atom. The summed E-state index contributed by atoms with van der Waals surface area (Å²) in [4.78, 5) is 29.6. The number of carbonyl (C=O) groups is 2. The highest BCUT2D eigenvalue weighted by Gasteiger charge is 2.45. The Morgan fingerprint density at radius 3 is 2.37 bits per heavy atom. The molecule has 1 heterocycles. The summed E-state index contributed by atoms with van der Waals surface area (Å²) in [5, 5.41) is 20.9. The predicted octanol–water partition coefficient (Wildman–Crippen LogP) is 3.55. The molecule has 0 bridgehead atoms. The molecule has 30 heavy (non-hydrogen) atoms. The standard InChI is InChI=1S/C24H28N2O4/c1-3-25(4-2)14-9-15-26-21(18-12-8-13-19(27)16-18)20(23(29)24(26)30)22(28)17-10-6-5-7-11-17/h5-8,10-13,16,21,27-28H,3-4,9,14-15H2,1-2H3. The second-order valence-corrected chi connectivity index (χ2v) is 7.33. The minimum absolute atomic E-state index is 0.0425. The lowest BCUT2D eigenvalue weighted by molar-refractivity contribution is -0.140. The zero-order valence-corrected chi connectivity index (χ0v) is 17.4. The number of carbonyl (C=O) groups excluding carboxylic acids is 2. The maximum atomic E-state index is 12.9. The highest BCUT2D eigenvalue weighted by atomic mass is 16.3. The first-order valence-electron chi connectivity index (χ1n) is 10.3. The van der Waals surface area contributed by atoms with Crippen molar-refractivity contribution in [3.63, 3.8) is 0 Å². The fraction of sp³-hybridized carbons (Fsp3) is 0.333. The van der Waals surface area contributed by atoms with Gasteiger partial charge in [0, 0.05) is 12.1 Å². The molecule has 0 aliphatic carbocycles. The van der Waals surface area contributed by atoms with E-state index in [0.717, 1.165) is 19.6 Å². The summed E-state index contributed by atoms with van der Waals surface area (Å²) in [5.74, 6) is -1.48. The fourth-order valence-electron chi connectivity index (χ4n) is 3.91. The summed E-state index contributed by atoms with van der Waals surface area (Å²) < 4.78 is 0. The van der Waals surface area contributed by atoms with Crippen molar-refractivity contribution >= 4 is 17.4 Å². The molecule has 6 heteroatoms. The van der Waals surface area contributed by atoms with Gasteiger partial charge in [-0.15, -0.1) is 0 Å². The third-order valence-corrected chi connectivity index (χ3v) is 5.54. The van der Waals surface area contributed by atoms with Gasteiger partial charge in [0.2, 0.25) is 0 Å². The summed E-state index contributed by atoms with van der Waals surface area (Å²) in [6.07, 6.45) is 0.704. The number of nitrogens with zero attached hydrogens (tertiary/aromatic N) is 2. The Hall–Kier alpha value is -3.12. The van der Waals surface area contributed by atoms with Crippen molar-refractivity contribution < 1.29 is 19.8 Å². The number of hydrogen-bond acceptors (Lipinski definition) is 5. The molecule has 1 unspecified atom stereocenters. The lowest BCUT2D eigenvalue weighted by Crippen LogP contribution is -2.33. The van der Waals surface area contributed by atoms with Crippen LogP contribution >= 0.6 is 0 Å². The van der Waals surface area contributed by atoms with Crippen molar-refractivity contribution in [2.24, 2.45) is 0 Å². The number of rotatable bonds is 8. The predicted molar refractivity (Wildman–Crippen MR) is 116 cm³/mol. The van der Waals surface area contributed by atoms with E-state index < -0.39 is 17.7 Å². The van der Waals surface area contributed by atoms with Crippen LogP contribution in [0.2, 0.25) is 0 Å². The summed E-state index contributed by atoms with van der Waals surface area (Å²) >= 11 is 0. The quantitative estimate of drug-likeness (QED) is 0.397. The number of phenols is 1. The first-order valence-corrected chi connectivity index (χ1v) is 10.3. The largest absolute Gasteiger partial charge is 0.508 e. The van der Waals surface area contributed by atoms with Gasteiger partial charge in [-0.2, -0.15) is 0 Å². The van der Waals surface area contributed by atoms with Crippen LogP contribution in [0, 0.1) is 0 Å². The molecule has 1 aliphatic rings. The zero-order valence-electron chi connectivity index (χ0n) is 17.4. The van der Waals surface area contributed by atoms with Crippen LogP contribution in [0.3, 0.4) is 0 Å². The number of aromatic hydroxyl groups is 1. The van der Waals surface area contributed by atoms with Crippen LogP contribution in [-0.4, -0.2) is 57.9 Å². The monoisotopic (exact) mass is 408 g/mol. The van der Waals surface area contributed by atoms with Gasteiger partial charge in [0.25, 0.3) is 11.7 Å². The Labute approximate surface area is 177 Å². The Bertz CT molecular complexity index is 935.